The first-order chi connectivity index (χ1) is 17.4. The lowest BCUT2D eigenvalue weighted by Gasteiger charge is -2.32. The summed E-state index contributed by atoms with van der Waals surface area (Å²) in [7, 11) is 1.59. The number of hydrogen-bond acceptors (Lipinski definition) is 4. The molecule has 1 atom stereocenters. The van der Waals surface area contributed by atoms with Gasteiger partial charge in [0.2, 0.25) is 5.91 Å². The van der Waals surface area contributed by atoms with Gasteiger partial charge in [0.05, 0.1) is 7.11 Å². The number of hydrogen-bond donors (Lipinski definition) is 1. The second-order valence-corrected chi connectivity index (χ2v) is 9.33. The van der Waals surface area contributed by atoms with E-state index in [0.717, 1.165) is 11.1 Å². The van der Waals surface area contributed by atoms with Gasteiger partial charge in [-0.1, -0.05) is 74.0 Å². The summed E-state index contributed by atoms with van der Waals surface area (Å²) in [4.78, 5) is 28.6. The summed E-state index contributed by atoms with van der Waals surface area (Å²) in [6.07, 6.45) is 0.365. The highest BCUT2D eigenvalue weighted by molar-refractivity contribution is 6.31. The molecule has 0 bridgehead atoms. The van der Waals surface area contributed by atoms with Crippen LogP contribution in [0.2, 0.25) is 5.02 Å². The van der Waals surface area contributed by atoms with Crippen LogP contribution in [0.25, 0.3) is 0 Å². The summed E-state index contributed by atoms with van der Waals surface area (Å²) in [5, 5.41) is 3.54. The lowest BCUT2D eigenvalue weighted by Crippen LogP contribution is -2.52. The van der Waals surface area contributed by atoms with E-state index in [0.29, 0.717) is 29.5 Å². The Morgan fingerprint density at radius 2 is 1.56 bits per heavy atom. The average Bonchev–Trinajstić information content (AvgIpc) is 2.89. The molecule has 3 rings (SSSR count). The molecular weight excluding hydrogens is 476 g/mol. The minimum absolute atomic E-state index is 0.178. The van der Waals surface area contributed by atoms with Crippen molar-refractivity contribution in [1.29, 1.82) is 0 Å². The van der Waals surface area contributed by atoms with Gasteiger partial charge in [-0.3, -0.25) is 9.59 Å². The van der Waals surface area contributed by atoms with Gasteiger partial charge in [-0.25, -0.2) is 0 Å². The Morgan fingerprint density at radius 1 is 0.917 bits per heavy atom. The first-order valence-corrected chi connectivity index (χ1v) is 12.4. The molecule has 0 saturated carbocycles. The van der Waals surface area contributed by atoms with Gasteiger partial charge in [-0.05, 0) is 47.4 Å². The van der Waals surface area contributed by atoms with Crippen LogP contribution in [0.4, 0.5) is 0 Å². The zero-order valence-corrected chi connectivity index (χ0v) is 21.7. The van der Waals surface area contributed by atoms with Crippen LogP contribution in [0, 0.1) is 5.92 Å². The largest absolute Gasteiger partial charge is 0.497 e. The van der Waals surface area contributed by atoms with Crippen molar-refractivity contribution in [2.45, 2.75) is 32.9 Å². The van der Waals surface area contributed by atoms with E-state index in [-0.39, 0.29) is 30.9 Å². The predicted octanol–water partition coefficient (Wildman–Crippen LogP) is 5.14. The Kier molecular flexibility index (Phi) is 10.2. The molecule has 0 saturated heterocycles. The maximum Gasteiger partial charge on any atom is 0.261 e. The second kappa shape index (κ2) is 13.5. The first kappa shape index (κ1) is 27.1. The molecule has 0 aromatic heterocycles. The van der Waals surface area contributed by atoms with Gasteiger partial charge >= 0.3 is 0 Å². The Balaban J connectivity index is 1.89. The van der Waals surface area contributed by atoms with Gasteiger partial charge in [0.25, 0.3) is 5.91 Å². The van der Waals surface area contributed by atoms with Crippen LogP contribution in [0.15, 0.2) is 78.9 Å². The third-order valence-electron chi connectivity index (χ3n) is 5.68. The number of rotatable bonds is 12. The number of benzene rings is 3. The van der Waals surface area contributed by atoms with E-state index in [4.69, 9.17) is 21.1 Å². The lowest BCUT2D eigenvalue weighted by atomic mass is 10.0. The number of amides is 2. The highest BCUT2D eigenvalue weighted by Gasteiger charge is 2.31. The molecule has 190 valence electrons. The fourth-order valence-electron chi connectivity index (χ4n) is 3.69. The van der Waals surface area contributed by atoms with Crippen LogP contribution in [0.5, 0.6) is 11.5 Å². The van der Waals surface area contributed by atoms with Gasteiger partial charge in [-0.2, -0.15) is 0 Å². The van der Waals surface area contributed by atoms with E-state index in [1.165, 1.54) is 0 Å². The van der Waals surface area contributed by atoms with E-state index in [2.05, 4.69) is 5.32 Å². The van der Waals surface area contributed by atoms with Gasteiger partial charge in [0.1, 0.15) is 17.5 Å². The zero-order valence-electron chi connectivity index (χ0n) is 20.9. The molecule has 2 amide bonds. The monoisotopic (exact) mass is 508 g/mol. The van der Waals surface area contributed by atoms with Crippen LogP contribution in [-0.4, -0.2) is 43.0 Å². The third kappa shape index (κ3) is 8.02. The number of halogens is 1. The molecule has 3 aromatic carbocycles. The Labute approximate surface area is 218 Å². The minimum atomic E-state index is -0.741. The standard InChI is InChI=1S/C29H33ClN2O4/c1-21(2)18-31-29(34)27(17-22-9-5-4-6-10-22)32(19-23-11-7-8-12-26(23)30)28(33)20-36-25-15-13-24(35-3)14-16-25/h4-16,21,27H,17-20H2,1-3H3,(H,31,34). The number of methoxy groups -OCH3 is 1. The molecule has 6 nitrogen and oxygen atoms in total. The number of carbonyl (C=O) groups is 2. The molecular formula is C29H33ClN2O4. The molecule has 0 aliphatic heterocycles. The van der Waals surface area contributed by atoms with Crippen molar-refractivity contribution in [3.63, 3.8) is 0 Å². The molecule has 0 aliphatic rings. The SMILES string of the molecule is COc1ccc(OCC(=O)N(Cc2ccccc2Cl)C(Cc2ccccc2)C(=O)NCC(C)C)cc1. The third-order valence-corrected chi connectivity index (χ3v) is 6.04. The molecule has 7 heteroatoms. The van der Waals surface area contributed by atoms with Crippen molar-refractivity contribution in [2.75, 3.05) is 20.3 Å². The molecule has 1 unspecified atom stereocenters. The van der Waals surface area contributed by atoms with E-state index in [9.17, 15) is 9.59 Å². The quantitative estimate of drug-likeness (QED) is 0.368. The summed E-state index contributed by atoms with van der Waals surface area (Å²) in [6.45, 7) is 4.53. The van der Waals surface area contributed by atoms with Crippen molar-refractivity contribution in [2.24, 2.45) is 5.92 Å². The number of ether oxygens (including phenoxy) is 2. The zero-order chi connectivity index (χ0) is 25.9. The van der Waals surface area contributed by atoms with Crippen LogP contribution < -0.4 is 14.8 Å². The lowest BCUT2D eigenvalue weighted by molar-refractivity contribution is -0.142. The average molecular weight is 509 g/mol. The van der Waals surface area contributed by atoms with Crippen LogP contribution in [0.3, 0.4) is 0 Å². The molecule has 1 N–H and O–H groups in total. The molecule has 0 heterocycles. The maximum absolute atomic E-state index is 13.6. The summed E-state index contributed by atoms with van der Waals surface area (Å²) >= 11 is 6.44. The molecule has 3 aromatic rings. The summed E-state index contributed by atoms with van der Waals surface area (Å²) in [5.41, 5.74) is 1.71. The Bertz CT molecular complexity index is 1120. The maximum atomic E-state index is 13.6. The summed E-state index contributed by atoms with van der Waals surface area (Å²) in [5.74, 6) is 0.978. The van der Waals surface area contributed by atoms with Crippen LogP contribution >= 0.6 is 11.6 Å². The molecule has 0 fully saturated rings. The van der Waals surface area contributed by atoms with Gasteiger partial charge in [-0.15, -0.1) is 0 Å². The highest BCUT2D eigenvalue weighted by atomic mass is 35.5. The summed E-state index contributed by atoms with van der Waals surface area (Å²) < 4.78 is 11.0. The van der Waals surface area contributed by atoms with E-state index >= 15 is 0 Å². The first-order valence-electron chi connectivity index (χ1n) is 12.0. The van der Waals surface area contributed by atoms with Crippen molar-refractivity contribution in [3.05, 3.63) is 95.0 Å². The molecule has 0 spiro atoms. The normalized spacial score (nSPS) is 11.6. The van der Waals surface area contributed by atoms with Crippen molar-refractivity contribution < 1.29 is 19.1 Å². The van der Waals surface area contributed by atoms with Crippen molar-refractivity contribution >= 4 is 23.4 Å². The number of nitrogens with zero attached hydrogens (tertiary/aromatic N) is 1. The van der Waals surface area contributed by atoms with E-state index < -0.39 is 6.04 Å². The van der Waals surface area contributed by atoms with Gasteiger partial charge in [0, 0.05) is 24.5 Å². The fourth-order valence-corrected chi connectivity index (χ4v) is 3.88. The molecule has 36 heavy (non-hydrogen) atoms. The van der Waals surface area contributed by atoms with E-state index in [1.54, 1.807) is 42.3 Å². The van der Waals surface area contributed by atoms with E-state index in [1.807, 2.05) is 62.4 Å². The molecule has 0 radical (unpaired) electrons. The Hall–Kier alpha value is -3.51. The van der Waals surface area contributed by atoms with Crippen LogP contribution in [-0.2, 0) is 22.6 Å². The number of nitrogens with one attached hydrogen (secondary N) is 1. The fraction of sp³-hybridized carbons (Fsp3) is 0.310. The molecule has 0 aliphatic carbocycles. The van der Waals surface area contributed by atoms with Gasteiger partial charge < -0.3 is 19.7 Å². The minimum Gasteiger partial charge on any atom is -0.497 e. The Morgan fingerprint density at radius 3 is 2.19 bits per heavy atom. The predicted molar refractivity (Wildman–Crippen MR) is 142 cm³/mol. The van der Waals surface area contributed by atoms with Gasteiger partial charge in [0.15, 0.2) is 6.61 Å². The summed E-state index contributed by atoms with van der Waals surface area (Å²) in [6, 6.07) is 23.3. The van der Waals surface area contributed by atoms with Crippen molar-refractivity contribution in [3.8, 4) is 11.5 Å². The number of carbonyl (C=O) groups excluding carboxylic acids is 2. The van der Waals surface area contributed by atoms with Crippen LogP contribution in [0.1, 0.15) is 25.0 Å². The smallest absolute Gasteiger partial charge is 0.261 e. The topological polar surface area (TPSA) is 67.9 Å². The van der Waals surface area contributed by atoms with Crippen molar-refractivity contribution in [1.82, 2.24) is 10.2 Å². The second-order valence-electron chi connectivity index (χ2n) is 8.92. The highest BCUT2D eigenvalue weighted by Crippen LogP contribution is 2.22.